The smallest absolute Gasteiger partial charge is 0.258 e. The molecular formula is C13H16ClNO3. The Morgan fingerprint density at radius 1 is 1.61 bits per heavy atom. The van der Waals surface area contributed by atoms with Gasteiger partial charge in [0, 0.05) is 18.1 Å². The van der Waals surface area contributed by atoms with Crippen molar-refractivity contribution in [2.75, 3.05) is 26.8 Å². The number of rotatable bonds is 6. The summed E-state index contributed by atoms with van der Waals surface area (Å²) in [4.78, 5) is 13.8. The molecule has 0 saturated heterocycles. The Balaban J connectivity index is 3.06. The van der Waals surface area contributed by atoms with Gasteiger partial charge in [0.2, 0.25) is 0 Å². The average Bonchev–Trinajstić information content (AvgIpc) is 2.37. The molecule has 0 unspecified atom stereocenters. The first-order valence-corrected chi connectivity index (χ1v) is 5.86. The summed E-state index contributed by atoms with van der Waals surface area (Å²) in [6.45, 7) is 4.07. The largest absolute Gasteiger partial charge is 0.496 e. The molecule has 0 saturated carbocycles. The molecule has 0 radical (unpaired) electrons. The lowest BCUT2D eigenvalue weighted by molar-refractivity contribution is 0.0739. The molecule has 0 aromatic heterocycles. The first-order valence-electron chi connectivity index (χ1n) is 5.48. The molecule has 0 fully saturated rings. The Morgan fingerprint density at radius 2 is 2.33 bits per heavy atom. The zero-order valence-corrected chi connectivity index (χ0v) is 11.0. The van der Waals surface area contributed by atoms with Gasteiger partial charge in [0.05, 0.1) is 19.3 Å². The highest BCUT2D eigenvalue weighted by Crippen LogP contribution is 2.24. The molecule has 1 aromatic carbocycles. The van der Waals surface area contributed by atoms with E-state index < -0.39 is 0 Å². The van der Waals surface area contributed by atoms with Crippen molar-refractivity contribution in [3.8, 4) is 5.75 Å². The third kappa shape index (κ3) is 3.48. The van der Waals surface area contributed by atoms with E-state index in [-0.39, 0.29) is 19.1 Å². The van der Waals surface area contributed by atoms with Crippen LogP contribution in [-0.4, -0.2) is 42.7 Å². The van der Waals surface area contributed by atoms with Crippen LogP contribution in [0.3, 0.4) is 0 Å². The van der Waals surface area contributed by atoms with Gasteiger partial charge in [0.25, 0.3) is 5.91 Å². The number of nitrogens with zero attached hydrogens (tertiary/aromatic N) is 1. The van der Waals surface area contributed by atoms with E-state index in [4.69, 9.17) is 21.4 Å². The van der Waals surface area contributed by atoms with Crippen molar-refractivity contribution in [3.63, 3.8) is 0 Å². The summed E-state index contributed by atoms with van der Waals surface area (Å²) in [6.07, 6.45) is 1.60. The van der Waals surface area contributed by atoms with Crippen LogP contribution in [0.5, 0.6) is 5.75 Å². The van der Waals surface area contributed by atoms with Gasteiger partial charge in [-0.05, 0) is 18.2 Å². The SMILES string of the molecule is C=CCN(CCO)C(=O)c1cc(Cl)ccc1OC. The number of aliphatic hydroxyl groups is 1. The number of halogens is 1. The number of hydrogen-bond acceptors (Lipinski definition) is 3. The second-order valence-corrected chi connectivity index (χ2v) is 4.04. The van der Waals surface area contributed by atoms with Crippen LogP contribution in [-0.2, 0) is 0 Å². The standard InChI is InChI=1S/C13H16ClNO3/c1-3-6-15(7-8-16)13(17)11-9-10(14)4-5-12(11)18-2/h3-5,9,16H,1,6-8H2,2H3. The van der Waals surface area contributed by atoms with E-state index in [0.29, 0.717) is 22.9 Å². The molecule has 1 amide bonds. The van der Waals surface area contributed by atoms with Gasteiger partial charge in [0.15, 0.2) is 0 Å². The van der Waals surface area contributed by atoms with Crippen LogP contribution in [0.4, 0.5) is 0 Å². The van der Waals surface area contributed by atoms with E-state index in [1.807, 2.05) is 0 Å². The highest BCUT2D eigenvalue weighted by molar-refractivity contribution is 6.31. The normalized spacial score (nSPS) is 9.94. The van der Waals surface area contributed by atoms with Gasteiger partial charge in [-0.3, -0.25) is 4.79 Å². The number of hydrogen-bond donors (Lipinski definition) is 1. The Bertz CT molecular complexity index is 434. The highest BCUT2D eigenvalue weighted by Gasteiger charge is 2.18. The predicted octanol–water partition coefficient (Wildman–Crippen LogP) is 1.97. The molecule has 0 aliphatic rings. The Labute approximate surface area is 111 Å². The summed E-state index contributed by atoms with van der Waals surface area (Å²) < 4.78 is 5.13. The third-order valence-electron chi connectivity index (χ3n) is 2.40. The van der Waals surface area contributed by atoms with Crippen molar-refractivity contribution in [2.24, 2.45) is 0 Å². The monoisotopic (exact) mass is 269 g/mol. The zero-order chi connectivity index (χ0) is 13.5. The van der Waals surface area contributed by atoms with E-state index in [9.17, 15) is 4.79 Å². The van der Waals surface area contributed by atoms with Crippen LogP contribution in [0.15, 0.2) is 30.9 Å². The van der Waals surface area contributed by atoms with Crippen LogP contribution < -0.4 is 4.74 Å². The summed E-state index contributed by atoms with van der Waals surface area (Å²) in [5.74, 6) is 0.208. The molecular weight excluding hydrogens is 254 g/mol. The summed E-state index contributed by atoms with van der Waals surface area (Å²) >= 11 is 5.88. The van der Waals surface area contributed by atoms with E-state index in [1.165, 1.54) is 12.0 Å². The fourth-order valence-corrected chi connectivity index (χ4v) is 1.74. The van der Waals surface area contributed by atoms with E-state index in [2.05, 4.69) is 6.58 Å². The lowest BCUT2D eigenvalue weighted by Gasteiger charge is -2.21. The minimum atomic E-state index is -0.247. The third-order valence-corrected chi connectivity index (χ3v) is 2.63. The number of carbonyl (C=O) groups excluding carboxylic acids is 1. The van der Waals surface area contributed by atoms with Crippen molar-refractivity contribution in [3.05, 3.63) is 41.4 Å². The van der Waals surface area contributed by atoms with Crippen LogP contribution in [0, 0.1) is 0 Å². The first-order chi connectivity index (χ1) is 8.63. The molecule has 0 bridgehead atoms. The molecule has 0 atom stereocenters. The zero-order valence-electron chi connectivity index (χ0n) is 10.2. The van der Waals surface area contributed by atoms with Gasteiger partial charge in [-0.2, -0.15) is 0 Å². The first kappa shape index (κ1) is 14.5. The van der Waals surface area contributed by atoms with Crippen LogP contribution in [0.2, 0.25) is 5.02 Å². The van der Waals surface area contributed by atoms with Crippen LogP contribution in [0.25, 0.3) is 0 Å². The maximum atomic E-state index is 12.3. The van der Waals surface area contributed by atoms with Gasteiger partial charge in [-0.15, -0.1) is 6.58 Å². The molecule has 0 heterocycles. The Morgan fingerprint density at radius 3 is 2.89 bits per heavy atom. The van der Waals surface area contributed by atoms with E-state index in [1.54, 1.807) is 24.3 Å². The Hall–Kier alpha value is -1.52. The molecule has 4 nitrogen and oxygen atoms in total. The molecule has 5 heteroatoms. The van der Waals surface area contributed by atoms with Gasteiger partial charge in [-0.25, -0.2) is 0 Å². The van der Waals surface area contributed by atoms with Crippen LogP contribution in [0.1, 0.15) is 10.4 Å². The maximum Gasteiger partial charge on any atom is 0.258 e. The molecule has 98 valence electrons. The van der Waals surface area contributed by atoms with E-state index in [0.717, 1.165) is 0 Å². The van der Waals surface area contributed by atoms with Crippen molar-refractivity contribution >= 4 is 17.5 Å². The van der Waals surface area contributed by atoms with Crippen molar-refractivity contribution in [1.82, 2.24) is 4.90 Å². The maximum absolute atomic E-state index is 12.3. The van der Waals surface area contributed by atoms with Crippen molar-refractivity contribution < 1.29 is 14.6 Å². The number of carbonyl (C=O) groups is 1. The number of ether oxygens (including phenoxy) is 1. The lowest BCUT2D eigenvalue weighted by atomic mass is 10.1. The summed E-state index contributed by atoms with van der Waals surface area (Å²) in [6, 6.07) is 4.85. The second-order valence-electron chi connectivity index (χ2n) is 3.61. The van der Waals surface area contributed by atoms with Crippen LogP contribution >= 0.6 is 11.6 Å². The summed E-state index contributed by atoms with van der Waals surface area (Å²) in [7, 11) is 1.49. The minimum absolute atomic E-state index is 0.109. The molecule has 1 aromatic rings. The lowest BCUT2D eigenvalue weighted by Crippen LogP contribution is -2.33. The highest BCUT2D eigenvalue weighted by atomic mass is 35.5. The molecule has 1 rings (SSSR count). The average molecular weight is 270 g/mol. The predicted molar refractivity (Wildman–Crippen MR) is 71.2 cm³/mol. The summed E-state index contributed by atoms with van der Waals surface area (Å²) in [5, 5.41) is 9.41. The van der Waals surface area contributed by atoms with E-state index >= 15 is 0 Å². The number of methoxy groups -OCH3 is 1. The quantitative estimate of drug-likeness (QED) is 0.804. The second kappa shape index (κ2) is 7.03. The number of amides is 1. The molecule has 0 aliphatic heterocycles. The fourth-order valence-electron chi connectivity index (χ4n) is 1.57. The fraction of sp³-hybridized carbons (Fsp3) is 0.308. The van der Waals surface area contributed by atoms with Crippen molar-refractivity contribution in [1.29, 1.82) is 0 Å². The minimum Gasteiger partial charge on any atom is -0.496 e. The number of aliphatic hydroxyl groups excluding tert-OH is 1. The van der Waals surface area contributed by atoms with Gasteiger partial charge < -0.3 is 14.7 Å². The molecule has 0 aliphatic carbocycles. The van der Waals surface area contributed by atoms with Gasteiger partial charge >= 0.3 is 0 Å². The van der Waals surface area contributed by atoms with Gasteiger partial charge in [0.1, 0.15) is 5.75 Å². The molecule has 0 spiro atoms. The van der Waals surface area contributed by atoms with Crippen molar-refractivity contribution in [2.45, 2.75) is 0 Å². The molecule has 1 N–H and O–H groups in total. The number of benzene rings is 1. The van der Waals surface area contributed by atoms with Gasteiger partial charge in [-0.1, -0.05) is 17.7 Å². The summed E-state index contributed by atoms with van der Waals surface area (Å²) in [5.41, 5.74) is 0.375. The molecule has 18 heavy (non-hydrogen) atoms. The Kier molecular flexibility index (Phi) is 5.68. The topological polar surface area (TPSA) is 49.8 Å².